The van der Waals surface area contributed by atoms with E-state index in [1.807, 2.05) is 35.7 Å². The predicted molar refractivity (Wildman–Crippen MR) is 82.0 cm³/mol. The molecule has 2 aromatic rings. The van der Waals surface area contributed by atoms with E-state index in [1.54, 1.807) is 13.1 Å². The fourth-order valence-corrected chi connectivity index (χ4v) is 2.66. The second kappa shape index (κ2) is 5.75. The van der Waals surface area contributed by atoms with E-state index in [1.165, 1.54) is 0 Å². The number of amides is 1. The zero-order valence-electron chi connectivity index (χ0n) is 13.1. The maximum atomic E-state index is 11.6. The number of anilines is 1. The first kappa shape index (κ1) is 14.5. The molecule has 0 spiro atoms. The maximum absolute atomic E-state index is 11.6. The molecule has 3 heterocycles. The molecular formula is C15H20N6O. The van der Waals surface area contributed by atoms with Crippen molar-refractivity contribution in [3.63, 3.8) is 0 Å². The molecule has 7 heteroatoms. The van der Waals surface area contributed by atoms with Crippen LogP contribution in [0.1, 0.15) is 36.7 Å². The van der Waals surface area contributed by atoms with Crippen molar-refractivity contribution in [3.05, 3.63) is 35.8 Å². The Labute approximate surface area is 129 Å². The third-order valence-corrected chi connectivity index (χ3v) is 3.97. The Balaban J connectivity index is 1.75. The Kier molecular flexibility index (Phi) is 3.79. The molecule has 1 fully saturated rings. The van der Waals surface area contributed by atoms with E-state index in [0.717, 1.165) is 30.3 Å². The molecular weight excluding hydrogens is 280 g/mol. The van der Waals surface area contributed by atoms with Crippen LogP contribution in [0.3, 0.4) is 0 Å². The minimum absolute atomic E-state index is 0.0768. The van der Waals surface area contributed by atoms with Gasteiger partial charge in [0.1, 0.15) is 17.5 Å². The molecule has 1 atom stereocenters. The van der Waals surface area contributed by atoms with Gasteiger partial charge in [-0.1, -0.05) is 0 Å². The van der Waals surface area contributed by atoms with Gasteiger partial charge in [-0.3, -0.25) is 4.79 Å². The highest BCUT2D eigenvalue weighted by Gasteiger charge is 2.32. The summed E-state index contributed by atoms with van der Waals surface area (Å²) in [4.78, 5) is 26.6. The van der Waals surface area contributed by atoms with E-state index in [-0.39, 0.29) is 11.9 Å². The first-order chi connectivity index (χ1) is 10.5. The van der Waals surface area contributed by atoms with Gasteiger partial charge < -0.3 is 14.8 Å². The lowest BCUT2D eigenvalue weighted by Crippen LogP contribution is -2.44. The fraction of sp³-hybridized carbons (Fsp3) is 0.467. The number of hydrogen-bond acceptors (Lipinski definition) is 5. The van der Waals surface area contributed by atoms with E-state index in [2.05, 4.69) is 20.3 Å². The Morgan fingerprint density at radius 1 is 1.45 bits per heavy atom. The minimum Gasteiger partial charge on any atom is -0.363 e. The number of nitrogens with one attached hydrogen (secondary N) is 1. The molecule has 1 aliphatic rings. The lowest BCUT2D eigenvalue weighted by Gasteiger charge is -2.40. The zero-order valence-corrected chi connectivity index (χ0v) is 13.1. The number of hydrogen-bond donors (Lipinski definition) is 1. The summed E-state index contributed by atoms with van der Waals surface area (Å²) in [7, 11) is 1.96. The maximum Gasteiger partial charge on any atom is 0.220 e. The lowest BCUT2D eigenvalue weighted by atomic mass is 9.99. The van der Waals surface area contributed by atoms with Gasteiger partial charge in [-0.2, -0.15) is 0 Å². The summed E-state index contributed by atoms with van der Waals surface area (Å²) in [6.07, 6.45) is 4.63. The molecule has 3 rings (SSSR count). The van der Waals surface area contributed by atoms with E-state index in [9.17, 15) is 4.79 Å². The largest absolute Gasteiger partial charge is 0.363 e. The highest BCUT2D eigenvalue weighted by atomic mass is 16.2. The molecule has 1 saturated heterocycles. The number of nitrogens with zero attached hydrogens (tertiary/aromatic N) is 5. The van der Waals surface area contributed by atoms with Gasteiger partial charge >= 0.3 is 0 Å². The van der Waals surface area contributed by atoms with Gasteiger partial charge in [0.25, 0.3) is 0 Å². The SMILES string of the molecule is CC(=O)N1CC[C@@H]1c1cc(NCc2nccn2C)nc(C)n1. The van der Waals surface area contributed by atoms with E-state index in [0.29, 0.717) is 12.4 Å². The molecule has 2 aromatic heterocycles. The van der Waals surface area contributed by atoms with Crippen LogP contribution in [0.2, 0.25) is 0 Å². The van der Waals surface area contributed by atoms with Gasteiger partial charge in [-0.25, -0.2) is 15.0 Å². The molecule has 0 saturated carbocycles. The van der Waals surface area contributed by atoms with Crippen LogP contribution in [0.15, 0.2) is 18.5 Å². The Morgan fingerprint density at radius 2 is 2.27 bits per heavy atom. The molecule has 22 heavy (non-hydrogen) atoms. The Bertz CT molecular complexity index is 695. The van der Waals surface area contributed by atoms with Crippen LogP contribution in [0.4, 0.5) is 5.82 Å². The van der Waals surface area contributed by atoms with Crippen molar-refractivity contribution < 1.29 is 4.79 Å². The molecule has 7 nitrogen and oxygen atoms in total. The van der Waals surface area contributed by atoms with E-state index in [4.69, 9.17) is 0 Å². The first-order valence-electron chi connectivity index (χ1n) is 7.37. The van der Waals surface area contributed by atoms with Crippen LogP contribution >= 0.6 is 0 Å². The Hall–Kier alpha value is -2.44. The van der Waals surface area contributed by atoms with Gasteiger partial charge in [-0.15, -0.1) is 0 Å². The van der Waals surface area contributed by atoms with Crippen molar-refractivity contribution in [3.8, 4) is 0 Å². The van der Waals surface area contributed by atoms with Crippen molar-refractivity contribution in [1.29, 1.82) is 0 Å². The highest BCUT2D eigenvalue weighted by molar-refractivity contribution is 5.74. The summed E-state index contributed by atoms with van der Waals surface area (Å²) in [5.74, 6) is 2.50. The van der Waals surface area contributed by atoms with Crippen LogP contribution in [0.25, 0.3) is 0 Å². The van der Waals surface area contributed by atoms with Gasteiger partial charge in [0.2, 0.25) is 5.91 Å². The molecule has 0 aromatic carbocycles. The molecule has 0 aliphatic carbocycles. The van der Waals surface area contributed by atoms with Crippen LogP contribution < -0.4 is 5.32 Å². The number of aromatic nitrogens is 4. The monoisotopic (exact) mass is 300 g/mol. The summed E-state index contributed by atoms with van der Waals surface area (Å²) < 4.78 is 1.96. The van der Waals surface area contributed by atoms with Crippen LogP contribution in [-0.4, -0.2) is 36.9 Å². The topological polar surface area (TPSA) is 75.9 Å². The van der Waals surface area contributed by atoms with Gasteiger partial charge in [-0.05, 0) is 13.3 Å². The summed E-state index contributed by atoms with van der Waals surface area (Å²) in [5.41, 5.74) is 0.899. The van der Waals surface area contributed by atoms with E-state index >= 15 is 0 Å². The summed E-state index contributed by atoms with van der Waals surface area (Å²) >= 11 is 0. The summed E-state index contributed by atoms with van der Waals surface area (Å²) in [5, 5.41) is 3.28. The third-order valence-electron chi connectivity index (χ3n) is 3.97. The highest BCUT2D eigenvalue weighted by Crippen LogP contribution is 2.32. The average molecular weight is 300 g/mol. The predicted octanol–water partition coefficient (Wildman–Crippen LogP) is 1.42. The number of carbonyl (C=O) groups is 1. The Morgan fingerprint density at radius 3 is 2.86 bits per heavy atom. The molecule has 0 radical (unpaired) electrons. The normalized spacial score (nSPS) is 17.2. The second-order valence-corrected chi connectivity index (χ2v) is 5.55. The van der Waals surface area contributed by atoms with Crippen LogP contribution in [0, 0.1) is 6.92 Å². The number of aryl methyl sites for hydroxylation is 2. The second-order valence-electron chi connectivity index (χ2n) is 5.55. The van der Waals surface area contributed by atoms with Crippen molar-refractivity contribution in [1.82, 2.24) is 24.4 Å². The van der Waals surface area contributed by atoms with Gasteiger partial charge in [0.05, 0.1) is 18.3 Å². The third kappa shape index (κ3) is 2.79. The number of imidazole rings is 1. The van der Waals surface area contributed by atoms with E-state index < -0.39 is 0 Å². The first-order valence-corrected chi connectivity index (χ1v) is 7.37. The van der Waals surface area contributed by atoms with Gasteiger partial charge in [0, 0.05) is 39.0 Å². The van der Waals surface area contributed by atoms with Crippen LogP contribution in [-0.2, 0) is 18.4 Å². The number of likely N-dealkylation sites (tertiary alicyclic amines) is 1. The van der Waals surface area contributed by atoms with Crippen molar-refractivity contribution in [2.75, 3.05) is 11.9 Å². The average Bonchev–Trinajstić information content (AvgIpc) is 2.79. The smallest absolute Gasteiger partial charge is 0.220 e. The van der Waals surface area contributed by atoms with Crippen molar-refractivity contribution in [2.45, 2.75) is 32.9 Å². The van der Waals surface area contributed by atoms with Crippen LogP contribution in [0.5, 0.6) is 0 Å². The van der Waals surface area contributed by atoms with Crippen molar-refractivity contribution in [2.24, 2.45) is 7.05 Å². The van der Waals surface area contributed by atoms with Crippen molar-refractivity contribution >= 4 is 11.7 Å². The molecule has 0 bridgehead atoms. The quantitative estimate of drug-likeness (QED) is 0.924. The number of rotatable bonds is 4. The standard InChI is InChI=1S/C15H20N6O/c1-10-18-12(13-4-6-21(13)11(2)22)8-14(19-10)17-9-15-16-5-7-20(15)3/h5,7-8,13H,4,6,9H2,1-3H3,(H,17,18,19)/t13-/m1/s1. The van der Waals surface area contributed by atoms with Gasteiger partial charge in [0.15, 0.2) is 0 Å². The lowest BCUT2D eigenvalue weighted by molar-refractivity contribution is -0.136. The number of carbonyl (C=O) groups excluding carboxylic acids is 1. The molecule has 1 amide bonds. The molecule has 0 unspecified atom stereocenters. The summed E-state index contributed by atoms with van der Waals surface area (Å²) in [6, 6.07) is 2.00. The molecule has 1 N–H and O–H groups in total. The molecule has 1 aliphatic heterocycles. The zero-order chi connectivity index (χ0) is 15.7. The minimum atomic E-state index is 0.0768. The fourth-order valence-electron chi connectivity index (χ4n) is 2.66. The summed E-state index contributed by atoms with van der Waals surface area (Å²) in [6.45, 7) is 4.87. The molecule has 116 valence electrons.